The molecular formula is C28H19NO7. The highest BCUT2D eigenvalue weighted by Gasteiger charge is 2.38. The van der Waals surface area contributed by atoms with Crippen molar-refractivity contribution in [1.82, 2.24) is 4.98 Å². The normalized spacial score (nSPS) is 15.3. The fourth-order valence-corrected chi connectivity index (χ4v) is 5.17. The van der Waals surface area contributed by atoms with Gasteiger partial charge in [0.1, 0.15) is 16.9 Å². The molecule has 2 aromatic heterocycles. The molecule has 36 heavy (non-hydrogen) atoms. The Morgan fingerprint density at radius 3 is 2.47 bits per heavy atom. The van der Waals surface area contributed by atoms with Crippen molar-refractivity contribution in [3.63, 3.8) is 0 Å². The molecule has 2 N–H and O–H groups in total. The average Bonchev–Trinajstić information content (AvgIpc) is 2.81. The molecule has 5 aromatic rings. The number of aryl methyl sites for hydroxylation is 1. The number of nitrogens with one attached hydrogen (secondary N) is 1. The van der Waals surface area contributed by atoms with E-state index in [-0.39, 0.29) is 39.8 Å². The van der Waals surface area contributed by atoms with Crippen LogP contribution < -0.4 is 15.9 Å². The average molecular weight is 481 g/mol. The number of carbonyl (C=O) groups excluding carboxylic acids is 2. The van der Waals surface area contributed by atoms with Crippen molar-refractivity contribution in [1.29, 1.82) is 0 Å². The van der Waals surface area contributed by atoms with Crippen molar-refractivity contribution in [2.75, 3.05) is 0 Å². The maximum absolute atomic E-state index is 13.3. The third-order valence-electron chi connectivity index (χ3n) is 6.75. The Hall–Kier alpha value is -4.72. The monoisotopic (exact) mass is 481 g/mol. The van der Waals surface area contributed by atoms with Crippen LogP contribution in [0.5, 0.6) is 11.5 Å². The van der Waals surface area contributed by atoms with Gasteiger partial charge in [-0.15, -0.1) is 0 Å². The van der Waals surface area contributed by atoms with Crippen molar-refractivity contribution >= 4 is 44.4 Å². The third kappa shape index (κ3) is 3.15. The van der Waals surface area contributed by atoms with E-state index in [0.717, 1.165) is 16.2 Å². The minimum atomic E-state index is -0.882. The number of aromatic hydroxyl groups is 1. The molecule has 1 aliphatic heterocycles. The first-order valence-electron chi connectivity index (χ1n) is 11.3. The topological polar surface area (TPSA) is 127 Å². The zero-order valence-electron chi connectivity index (χ0n) is 19.3. The van der Waals surface area contributed by atoms with E-state index in [1.54, 1.807) is 13.0 Å². The molecule has 1 atom stereocenters. The molecule has 8 nitrogen and oxygen atoms in total. The molecule has 0 aliphatic carbocycles. The van der Waals surface area contributed by atoms with Crippen LogP contribution in [0.15, 0.2) is 62.5 Å². The fourth-order valence-electron chi connectivity index (χ4n) is 5.17. The van der Waals surface area contributed by atoms with E-state index in [1.165, 1.54) is 13.0 Å². The van der Waals surface area contributed by atoms with Crippen LogP contribution >= 0.6 is 0 Å². The number of pyridine rings is 1. The van der Waals surface area contributed by atoms with Gasteiger partial charge in [-0.3, -0.25) is 14.4 Å². The van der Waals surface area contributed by atoms with Gasteiger partial charge in [-0.05, 0) is 53.8 Å². The van der Waals surface area contributed by atoms with Crippen molar-refractivity contribution in [3.05, 3.63) is 91.6 Å². The summed E-state index contributed by atoms with van der Waals surface area (Å²) in [5.41, 5.74) is 0.154. The number of hydrogen-bond acceptors (Lipinski definition) is 7. The van der Waals surface area contributed by atoms with Crippen LogP contribution in [-0.4, -0.2) is 21.8 Å². The number of Topliss-reactive ketones (excluding diaryl/α,β-unsaturated/α-hetero) is 1. The number of benzene rings is 3. The molecule has 3 heterocycles. The van der Waals surface area contributed by atoms with Gasteiger partial charge >= 0.3 is 11.6 Å². The van der Waals surface area contributed by atoms with Gasteiger partial charge in [0, 0.05) is 28.6 Å². The van der Waals surface area contributed by atoms with Crippen LogP contribution in [0.2, 0.25) is 0 Å². The third-order valence-corrected chi connectivity index (χ3v) is 6.75. The van der Waals surface area contributed by atoms with Gasteiger partial charge in [-0.2, -0.15) is 0 Å². The van der Waals surface area contributed by atoms with Crippen molar-refractivity contribution < 1.29 is 23.8 Å². The number of rotatable bonds is 2. The maximum Gasteiger partial charge on any atom is 0.336 e. The number of H-pyrrole nitrogens is 1. The zero-order chi connectivity index (χ0) is 25.3. The standard InChI is InChI=1S/C28H19NO7/c1-12-7-20(31)35-26-22(12)25(33)23(13(2)30)27-24(26)17(11-21(32)36-27)18-9-16-8-14-5-3-4-6-15(14)10-19(16)29-28(18)34/h3-10,17,33H,11H2,1-2H3,(H,29,34)/t17-/m1/s1. The summed E-state index contributed by atoms with van der Waals surface area (Å²) in [6.45, 7) is 2.84. The number of aromatic amines is 1. The first-order valence-corrected chi connectivity index (χ1v) is 11.3. The molecule has 0 unspecified atom stereocenters. The Morgan fingerprint density at radius 2 is 1.75 bits per heavy atom. The second kappa shape index (κ2) is 7.64. The Balaban J connectivity index is 1.72. The summed E-state index contributed by atoms with van der Waals surface area (Å²) >= 11 is 0. The summed E-state index contributed by atoms with van der Waals surface area (Å²) in [7, 11) is 0. The van der Waals surface area contributed by atoms with E-state index < -0.39 is 34.6 Å². The molecule has 0 saturated heterocycles. The smallest absolute Gasteiger partial charge is 0.336 e. The summed E-state index contributed by atoms with van der Waals surface area (Å²) in [4.78, 5) is 53.8. The Morgan fingerprint density at radius 1 is 1.03 bits per heavy atom. The number of carbonyl (C=O) groups is 2. The van der Waals surface area contributed by atoms with Gasteiger partial charge in [-0.1, -0.05) is 24.3 Å². The van der Waals surface area contributed by atoms with Crippen molar-refractivity contribution in [3.8, 4) is 11.5 Å². The largest absolute Gasteiger partial charge is 0.506 e. The minimum absolute atomic E-state index is 0.0204. The summed E-state index contributed by atoms with van der Waals surface area (Å²) in [5.74, 6) is -2.73. The molecule has 1 aliphatic rings. The number of esters is 1. The second-order valence-electron chi connectivity index (χ2n) is 9.05. The molecule has 0 fully saturated rings. The maximum atomic E-state index is 13.3. The fraction of sp³-hybridized carbons (Fsp3) is 0.143. The van der Waals surface area contributed by atoms with Crippen LogP contribution in [0, 0.1) is 6.92 Å². The molecular weight excluding hydrogens is 462 g/mol. The Labute approximate surface area is 202 Å². The Bertz CT molecular complexity index is 1910. The molecule has 0 amide bonds. The number of hydrogen-bond donors (Lipinski definition) is 2. The van der Waals surface area contributed by atoms with E-state index >= 15 is 0 Å². The van der Waals surface area contributed by atoms with Crippen LogP contribution in [0.1, 0.15) is 46.3 Å². The lowest BCUT2D eigenvalue weighted by molar-refractivity contribution is -0.135. The molecule has 8 heteroatoms. The number of phenols is 1. The van der Waals surface area contributed by atoms with Crippen molar-refractivity contribution in [2.45, 2.75) is 26.2 Å². The molecule has 0 spiro atoms. The Kier molecular flexibility index (Phi) is 4.63. The highest BCUT2D eigenvalue weighted by atomic mass is 16.5. The first kappa shape index (κ1) is 21.8. The summed E-state index contributed by atoms with van der Waals surface area (Å²) < 4.78 is 10.9. The number of ether oxygens (including phenoxy) is 1. The lowest BCUT2D eigenvalue weighted by atomic mass is 9.82. The van der Waals surface area contributed by atoms with E-state index in [9.17, 15) is 24.3 Å². The predicted octanol–water partition coefficient (Wildman–Crippen LogP) is 4.45. The van der Waals surface area contributed by atoms with E-state index in [1.807, 2.05) is 36.4 Å². The minimum Gasteiger partial charge on any atom is -0.506 e. The van der Waals surface area contributed by atoms with Gasteiger partial charge < -0.3 is 19.2 Å². The lowest BCUT2D eigenvalue weighted by Gasteiger charge is -2.27. The van der Waals surface area contributed by atoms with Gasteiger partial charge in [0.15, 0.2) is 11.5 Å². The first-order chi connectivity index (χ1) is 17.2. The molecule has 3 aromatic carbocycles. The molecule has 6 rings (SSSR count). The molecule has 0 bridgehead atoms. The summed E-state index contributed by atoms with van der Waals surface area (Å²) in [5, 5.41) is 13.8. The van der Waals surface area contributed by atoms with Gasteiger partial charge in [0.2, 0.25) is 0 Å². The highest BCUT2D eigenvalue weighted by molar-refractivity contribution is 6.09. The predicted molar refractivity (Wildman–Crippen MR) is 133 cm³/mol. The van der Waals surface area contributed by atoms with E-state index in [4.69, 9.17) is 9.15 Å². The molecule has 0 radical (unpaired) electrons. The molecule has 0 saturated carbocycles. The number of fused-ring (bicyclic) bond motifs is 5. The molecule has 178 valence electrons. The SMILES string of the molecule is CC(=O)c1c2c(c3oc(=O)cc(C)c3c1O)[C@@H](c1cc3cc4ccccc4cc3[nH]c1=O)CC(=O)O2. The van der Waals surface area contributed by atoms with Crippen molar-refractivity contribution in [2.24, 2.45) is 0 Å². The van der Waals surface area contributed by atoms with Crippen LogP contribution in [0.3, 0.4) is 0 Å². The second-order valence-corrected chi connectivity index (χ2v) is 9.05. The lowest BCUT2D eigenvalue weighted by Crippen LogP contribution is -2.27. The highest BCUT2D eigenvalue weighted by Crippen LogP contribution is 2.49. The number of ketones is 1. The number of aromatic nitrogens is 1. The van der Waals surface area contributed by atoms with Crippen LogP contribution in [-0.2, 0) is 4.79 Å². The quantitative estimate of drug-likeness (QED) is 0.125. The van der Waals surface area contributed by atoms with Crippen LogP contribution in [0.4, 0.5) is 0 Å². The van der Waals surface area contributed by atoms with Gasteiger partial charge in [0.25, 0.3) is 5.56 Å². The van der Waals surface area contributed by atoms with Gasteiger partial charge in [0.05, 0.1) is 11.8 Å². The van der Waals surface area contributed by atoms with Gasteiger partial charge in [-0.25, -0.2) is 4.79 Å². The summed E-state index contributed by atoms with van der Waals surface area (Å²) in [6, 6.07) is 14.5. The van der Waals surface area contributed by atoms with Crippen LogP contribution in [0.25, 0.3) is 32.6 Å². The summed E-state index contributed by atoms with van der Waals surface area (Å²) in [6.07, 6.45) is -0.218. The van der Waals surface area contributed by atoms with E-state index in [0.29, 0.717) is 11.1 Å². The zero-order valence-corrected chi connectivity index (χ0v) is 19.3. The number of phenolic OH excluding ortho intramolecular Hbond substituents is 1. The van der Waals surface area contributed by atoms with E-state index in [2.05, 4.69) is 4.98 Å².